The predicted molar refractivity (Wildman–Crippen MR) is 247 cm³/mol. The number of para-hydroxylation sites is 1. The van der Waals surface area contributed by atoms with Crippen molar-refractivity contribution in [2.24, 2.45) is 11.3 Å². The first kappa shape index (κ1) is 44.7. The van der Waals surface area contributed by atoms with Crippen LogP contribution in [0, 0.1) is 16.5 Å². The molecule has 0 unspecified atom stereocenters. The number of aromatic amines is 1. The number of anilines is 1. The number of carboxylic acids is 2. The summed E-state index contributed by atoms with van der Waals surface area (Å²) in [4.78, 5) is 69.9. The number of benzene rings is 2. The van der Waals surface area contributed by atoms with Crippen molar-refractivity contribution in [1.29, 1.82) is 0 Å². The van der Waals surface area contributed by atoms with Crippen molar-refractivity contribution in [3.8, 4) is 5.75 Å². The Morgan fingerprint density at radius 3 is 2.34 bits per heavy atom. The number of hydrogen-bond donors (Lipinski definition) is 5. The highest BCUT2D eigenvalue weighted by Crippen LogP contribution is 2.68. The largest absolute Gasteiger partial charge is 0.633 e. The van der Waals surface area contributed by atoms with Gasteiger partial charge in [0.25, 0.3) is 0 Å². The van der Waals surface area contributed by atoms with Crippen LogP contribution in [0.15, 0.2) is 60.7 Å². The minimum Gasteiger partial charge on any atom is -0.633 e. The van der Waals surface area contributed by atoms with Crippen LogP contribution in [0.1, 0.15) is 79.4 Å². The number of piperidine rings is 1. The van der Waals surface area contributed by atoms with E-state index in [9.17, 15) is 34.6 Å². The SMILES string of the molecule is O=C(O)/C=C\C(=O)O.[2H]C([2H])([2H])OC(=O)[C@]1(c2cc3c(cc2OC)N(C)[C@H]2[C@@](O)(C(=O)OC)[C@H](OC(C)=O)[C@]4(CC)C=CCN5CC[C@]32[C@@H]54)C[C@H]2C[C@@](O)(CC)C[N@+]([O-])(CCc3c1[nH]c1ccccc31)C2. The van der Waals surface area contributed by atoms with Gasteiger partial charge in [0.15, 0.2) is 6.10 Å². The van der Waals surface area contributed by atoms with Gasteiger partial charge < -0.3 is 59.1 Å². The molecule has 0 amide bonds. The zero-order valence-electron chi connectivity index (χ0n) is 42.1. The molecule has 6 heterocycles. The molecule has 9 rings (SSSR count). The fourth-order valence-electron chi connectivity index (χ4n) is 13.8. The number of nitrogens with one attached hydrogen (secondary N) is 1. The van der Waals surface area contributed by atoms with E-state index in [-0.39, 0.29) is 50.2 Å². The predicted octanol–water partition coefficient (Wildman–Crippen LogP) is 3.72. The fourth-order valence-corrected chi connectivity index (χ4v) is 13.8. The first-order chi connectivity index (χ1) is 33.3. The summed E-state index contributed by atoms with van der Waals surface area (Å²) in [5, 5.41) is 56.6. The first-order valence-corrected chi connectivity index (χ1v) is 23.0. The van der Waals surface area contributed by atoms with E-state index in [1.807, 2.05) is 61.2 Å². The van der Waals surface area contributed by atoms with Gasteiger partial charge in [-0.1, -0.05) is 44.2 Å². The lowest BCUT2D eigenvalue weighted by molar-refractivity contribution is -0.896. The number of aliphatic hydroxyl groups is 2. The minimum absolute atomic E-state index is 0.0221. The second-order valence-corrected chi connectivity index (χ2v) is 19.5. The third-order valence-corrected chi connectivity index (χ3v) is 16.1. The van der Waals surface area contributed by atoms with E-state index >= 15 is 4.79 Å². The zero-order valence-corrected chi connectivity index (χ0v) is 39.1. The lowest BCUT2D eigenvalue weighted by atomic mass is 9.47. The van der Waals surface area contributed by atoms with Crippen molar-refractivity contribution in [3.05, 3.63) is 88.3 Å². The lowest BCUT2D eigenvalue weighted by Gasteiger charge is -2.63. The number of aliphatic carboxylic acids is 2. The molecule has 0 radical (unpaired) electrons. The van der Waals surface area contributed by atoms with Gasteiger partial charge in [0.1, 0.15) is 23.3 Å². The number of likely N-dealkylation sites (N-methyl/N-ethyl adjacent to an activating group) is 1. The molecular weight excluding hydrogens is 881 g/mol. The third kappa shape index (κ3) is 7.12. The van der Waals surface area contributed by atoms with Crippen LogP contribution in [-0.2, 0) is 55.4 Å². The molecule has 2 saturated heterocycles. The number of esters is 3. The molecule has 18 heteroatoms. The fraction of sp³-hybridized carbons (Fsp3) is 0.540. The first-order valence-electron chi connectivity index (χ1n) is 24.5. The van der Waals surface area contributed by atoms with E-state index < -0.39 is 93.1 Å². The second-order valence-electron chi connectivity index (χ2n) is 19.5. The molecule has 18 nitrogen and oxygen atoms in total. The number of carbonyl (C=O) groups is 5. The summed E-state index contributed by atoms with van der Waals surface area (Å²) in [6.45, 7) is 6.28. The number of carboxylic acid groups (broad SMARTS) is 2. The number of aromatic nitrogens is 1. The Kier molecular flexibility index (Phi) is 11.4. The molecule has 3 aromatic rings. The molecule has 1 saturated carbocycles. The maximum Gasteiger partial charge on any atom is 0.344 e. The van der Waals surface area contributed by atoms with Crippen LogP contribution in [-0.4, -0.2) is 155 Å². The van der Waals surface area contributed by atoms with Gasteiger partial charge in [-0.15, -0.1) is 0 Å². The molecule has 2 bridgehead atoms. The highest BCUT2D eigenvalue weighted by molar-refractivity contribution is 5.95. The van der Waals surface area contributed by atoms with Crippen LogP contribution in [0.2, 0.25) is 0 Å². The van der Waals surface area contributed by atoms with Gasteiger partial charge >= 0.3 is 29.8 Å². The Bertz CT molecular complexity index is 2710. The number of hydroxylamine groups is 3. The molecule has 2 aromatic carbocycles. The summed E-state index contributed by atoms with van der Waals surface area (Å²) in [6, 6.07) is 9.62. The Hall–Kier alpha value is -5.79. The number of H-pyrrole nitrogens is 1. The van der Waals surface area contributed by atoms with Gasteiger partial charge in [-0.3, -0.25) is 14.5 Å². The van der Waals surface area contributed by atoms with E-state index in [2.05, 4.69) is 9.88 Å². The average Bonchev–Trinajstić information content (AvgIpc) is 3.97. The van der Waals surface area contributed by atoms with Crippen LogP contribution < -0.4 is 9.64 Å². The van der Waals surface area contributed by atoms with E-state index in [1.54, 1.807) is 13.1 Å². The number of ether oxygens (including phenoxy) is 4. The Morgan fingerprint density at radius 2 is 1.71 bits per heavy atom. The second kappa shape index (κ2) is 17.3. The van der Waals surface area contributed by atoms with Crippen molar-refractivity contribution < 1.29 is 72.1 Å². The Balaban J connectivity index is 0.000000779. The van der Waals surface area contributed by atoms with Gasteiger partial charge in [0.05, 0.1) is 44.5 Å². The molecule has 1 aliphatic carbocycles. The summed E-state index contributed by atoms with van der Waals surface area (Å²) >= 11 is 0. The Labute approximate surface area is 398 Å². The molecule has 1 aromatic heterocycles. The van der Waals surface area contributed by atoms with E-state index in [1.165, 1.54) is 21.1 Å². The number of rotatable bonds is 9. The van der Waals surface area contributed by atoms with Crippen LogP contribution >= 0.6 is 0 Å². The molecule has 5 N–H and O–H groups in total. The van der Waals surface area contributed by atoms with Crippen LogP contribution in [0.4, 0.5) is 5.69 Å². The maximum atomic E-state index is 15.6. The van der Waals surface area contributed by atoms with Crippen LogP contribution in [0.25, 0.3) is 10.9 Å². The number of fused-ring (bicyclic) bond motifs is 6. The summed E-state index contributed by atoms with van der Waals surface area (Å²) in [7, 11) is 1.24. The molecule has 3 fully saturated rings. The van der Waals surface area contributed by atoms with Crippen molar-refractivity contribution in [3.63, 3.8) is 0 Å². The average molecular weight is 946 g/mol. The van der Waals surface area contributed by atoms with Crippen LogP contribution in [0.3, 0.4) is 0 Å². The number of methoxy groups -OCH3 is 3. The van der Waals surface area contributed by atoms with Gasteiger partial charge in [0.2, 0.25) is 5.60 Å². The van der Waals surface area contributed by atoms with E-state index in [4.69, 9.17) is 33.3 Å². The van der Waals surface area contributed by atoms with Gasteiger partial charge in [0, 0.05) is 95.8 Å². The standard InChI is InChI=1S/C46H58N4O10.C4H4O4/c1-8-42(54)23-28-24-45(40(52)58-6,36-30(15-20-50(56,25-28)26-42)29-13-10-11-14-33(29)47-36)32-21-31-34(22-35(32)57-5)48(4)38-44(31)17-19-49-18-12-16-43(9-2,37(44)49)39(60-27(3)51)46(38,55)41(53)59-7;5-3(6)1-2-4(7)8/h10-14,16,21-22,28,37-39,47,54-55H,8-9,15,17-20,23-26H2,1-7H3;1-2H,(H,5,6)(H,7,8)/b;2-1-/t28-,37+,38-,39-,42+,43-,44-,45+,46+,50+;/m1./s1/i6D3;. The minimum atomic E-state index is -3.18. The summed E-state index contributed by atoms with van der Waals surface area (Å²) in [5.41, 5.74) is -4.70. The Morgan fingerprint density at radius 1 is 0.985 bits per heavy atom. The van der Waals surface area contributed by atoms with Crippen molar-refractivity contribution in [1.82, 2.24) is 9.88 Å². The third-order valence-electron chi connectivity index (χ3n) is 16.1. The zero-order chi connectivity index (χ0) is 51.9. The normalized spacial score (nSPS) is 35.3. The van der Waals surface area contributed by atoms with Crippen molar-refractivity contribution in [2.75, 3.05) is 65.9 Å². The van der Waals surface area contributed by atoms with Gasteiger partial charge in [-0.25, -0.2) is 14.4 Å². The maximum absolute atomic E-state index is 15.6. The number of hydrogen-bond acceptors (Lipinski definition) is 14. The van der Waals surface area contributed by atoms with Crippen molar-refractivity contribution in [2.45, 2.75) is 99.5 Å². The molecule has 366 valence electrons. The van der Waals surface area contributed by atoms with Gasteiger partial charge in [-0.05, 0) is 61.9 Å². The van der Waals surface area contributed by atoms with Gasteiger partial charge in [-0.2, -0.15) is 0 Å². The number of quaternary nitrogens is 1. The molecule has 10 atom stereocenters. The lowest BCUT2D eigenvalue weighted by Crippen LogP contribution is -2.81. The van der Waals surface area contributed by atoms with Crippen LogP contribution in [0.5, 0.6) is 5.75 Å². The van der Waals surface area contributed by atoms with E-state index in [0.29, 0.717) is 72.5 Å². The monoisotopic (exact) mass is 945 g/mol. The number of nitrogens with zero attached hydrogens (tertiary/aromatic N) is 3. The summed E-state index contributed by atoms with van der Waals surface area (Å²) < 4.78 is 47.6. The molecule has 5 aliphatic heterocycles. The molecule has 1 spiro atoms. The molecule has 6 aliphatic rings. The number of carbonyl (C=O) groups excluding carboxylic acids is 3. The smallest absolute Gasteiger partial charge is 0.344 e. The topological polar surface area (TPSA) is 249 Å². The highest BCUT2D eigenvalue weighted by Gasteiger charge is 2.80. The molecular formula is C50H62N4O14. The summed E-state index contributed by atoms with van der Waals surface area (Å²) in [5.74, 6) is -5.63. The quantitative estimate of drug-likeness (QED) is 0.0512. The highest BCUT2D eigenvalue weighted by atomic mass is 16.6. The van der Waals surface area contributed by atoms with E-state index in [0.717, 1.165) is 5.39 Å². The van der Waals surface area contributed by atoms with Crippen molar-refractivity contribution >= 4 is 46.4 Å². The summed E-state index contributed by atoms with van der Waals surface area (Å²) in [6.07, 6.45) is 5.07. The molecule has 68 heavy (non-hydrogen) atoms.